The zero-order chi connectivity index (χ0) is 16.7. The largest absolute Gasteiger partial charge is 0.477 e. The van der Waals surface area contributed by atoms with Crippen LogP contribution in [0.3, 0.4) is 0 Å². The lowest BCUT2D eigenvalue weighted by atomic mass is 9.76. The molecule has 0 aromatic carbocycles. The van der Waals surface area contributed by atoms with Crippen molar-refractivity contribution in [2.24, 2.45) is 5.92 Å². The van der Waals surface area contributed by atoms with Gasteiger partial charge in [-0.05, 0) is 19.3 Å². The third kappa shape index (κ3) is 2.89. The molecule has 2 atom stereocenters. The number of hydrogen-bond acceptors (Lipinski definition) is 5. The molecule has 7 nitrogen and oxygen atoms in total. The van der Waals surface area contributed by atoms with E-state index in [2.05, 4.69) is 5.32 Å². The fraction of sp³-hybridized carbons (Fsp3) is 0.500. The third-order valence-corrected chi connectivity index (χ3v) is 4.56. The van der Waals surface area contributed by atoms with Crippen LogP contribution in [0, 0.1) is 5.92 Å². The molecule has 1 saturated heterocycles. The minimum Gasteiger partial charge on any atom is -0.477 e. The molecule has 2 amide bonds. The van der Waals surface area contributed by atoms with Crippen molar-refractivity contribution in [3.63, 3.8) is 0 Å². The van der Waals surface area contributed by atoms with Crippen LogP contribution in [0.5, 0.6) is 0 Å². The molecule has 120 valence electrons. The molecule has 0 unspecified atom stereocenters. The van der Waals surface area contributed by atoms with Crippen molar-refractivity contribution < 1.29 is 24.6 Å². The lowest BCUT2D eigenvalue weighted by Crippen LogP contribution is -2.65. The number of β-lactam (4-membered cyclic amide) rings is 1. The molecule has 22 heavy (non-hydrogen) atoms. The van der Waals surface area contributed by atoms with Crippen LogP contribution in [0.25, 0.3) is 0 Å². The Kier molecular flexibility index (Phi) is 4.35. The van der Waals surface area contributed by atoms with Gasteiger partial charge in [-0.3, -0.25) is 9.59 Å². The number of amides is 2. The minimum absolute atomic E-state index is 0.0343. The van der Waals surface area contributed by atoms with Crippen molar-refractivity contribution >= 4 is 29.5 Å². The Balaban J connectivity index is 2.17. The molecule has 0 saturated carbocycles. The molecule has 0 bridgehead atoms. The molecule has 0 spiro atoms. The van der Waals surface area contributed by atoms with Gasteiger partial charge in [-0.2, -0.15) is 0 Å². The summed E-state index contributed by atoms with van der Waals surface area (Å²) in [6, 6.07) is -0.324. The van der Waals surface area contributed by atoms with Crippen molar-refractivity contribution in [2.45, 2.75) is 38.8 Å². The maximum atomic E-state index is 12.2. The Bertz CT molecular complexity index is 591. The van der Waals surface area contributed by atoms with Crippen molar-refractivity contribution in [2.75, 3.05) is 0 Å². The van der Waals surface area contributed by atoms with E-state index in [0.717, 1.165) is 11.8 Å². The molecule has 2 aliphatic heterocycles. The number of carboxylic acids is 1. The fourth-order valence-electron chi connectivity index (χ4n) is 2.82. The number of aliphatic carboxylic acids is 1. The van der Waals surface area contributed by atoms with Gasteiger partial charge in [-0.1, -0.05) is 11.8 Å². The first-order valence-electron chi connectivity index (χ1n) is 6.75. The molecular formula is C14H18N2O5S. The summed E-state index contributed by atoms with van der Waals surface area (Å²) in [5.74, 6) is -2.35. The molecule has 0 aromatic rings. The highest BCUT2D eigenvalue weighted by Crippen LogP contribution is 2.49. The van der Waals surface area contributed by atoms with Crippen molar-refractivity contribution in [1.82, 2.24) is 10.2 Å². The lowest BCUT2D eigenvalue weighted by Gasteiger charge is -2.48. The Morgan fingerprint density at radius 3 is 2.59 bits per heavy atom. The highest BCUT2D eigenvalue weighted by atomic mass is 32.2. The smallest absolute Gasteiger partial charge is 0.353 e. The van der Waals surface area contributed by atoms with Gasteiger partial charge in [0.25, 0.3) is 0 Å². The summed E-state index contributed by atoms with van der Waals surface area (Å²) >= 11 is 1.15. The van der Waals surface area contributed by atoms with Gasteiger partial charge in [0.2, 0.25) is 11.8 Å². The Labute approximate surface area is 132 Å². The number of carboxylic acid groups (broad SMARTS) is 1. The summed E-state index contributed by atoms with van der Waals surface area (Å²) in [6.07, 6.45) is 1.81. The summed E-state index contributed by atoms with van der Waals surface area (Å²) in [6.45, 7) is 4.47. The number of aliphatic hydroxyl groups is 1. The molecule has 0 aromatic heterocycles. The second-order valence-corrected chi connectivity index (χ2v) is 6.81. The van der Waals surface area contributed by atoms with E-state index in [1.165, 1.54) is 18.0 Å². The lowest BCUT2D eigenvalue weighted by molar-refractivity contribution is -0.169. The van der Waals surface area contributed by atoms with Gasteiger partial charge in [0.1, 0.15) is 5.70 Å². The fourth-order valence-corrected chi connectivity index (χ4v) is 3.68. The standard InChI is InChI=1S/C14H18N2O5S/c1-7(17)15-4-5-22-9-6-8-10(14(2,3)21)12(18)16(8)11(9)13(19)20/h4-5,8,10,21H,6H2,1-3H3,(H,15,17)(H,19,20)/t8-,10+/m1/s1. The van der Waals surface area contributed by atoms with E-state index in [1.54, 1.807) is 19.3 Å². The molecule has 2 rings (SSSR count). The summed E-state index contributed by atoms with van der Waals surface area (Å²) in [5.41, 5.74) is -1.22. The van der Waals surface area contributed by atoms with E-state index < -0.39 is 17.5 Å². The average Bonchev–Trinajstić information content (AvgIpc) is 2.67. The maximum absolute atomic E-state index is 12.2. The summed E-state index contributed by atoms with van der Waals surface area (Å²) in [4.78, 5) is 36.1. The van der Waals surface area contributed by atoms with Gasteiger partial charge in [0.15, 0.2) is 0 Å². The predicted molar refractivity (Wildman–Crippen MR) is 80.2 cm³/mol. The van der Waals surface area contributed by atoms with Gasteiger partial charge in [-0.15, -0.1) is 0 Å². The summed E-state index contributed by atoms with van der Waals surface area (Å²) in [5, 5.41) is 23.4. The zero-order valence-electron chi connectivity index (χ0n) is 12.5. The zero-order valence-corrected chi connectivity index (χ0v) is 13.3. The number of nitrogens with zero attached hydrogens (tertiary/aromatic N) is 1. The summed E-state index contributed by atoms with van der Waals surface area (Å²) < 4.78 is 0. The highest BCUT2D eigenvalue weighted by molar-refractivity contribution is 8.05. The van der Waals surface area contributed by atoms with Crippen LogP contribution in [-0.4, -0.2) is 44.5 Å². The Morgan fingerprint density at radius 2 is 2.09 bits per heavy atom. The SMILES string of the molecule is CC(=O)NC=CSC1=C(C(=O)O)N2C(=O)[C@@H](C(C)(C)O)[C@H]2C1. The molecule has 3 N–H and O–H groups in total. The number of hydrogen-bond donors (Lipinski definition) is 3. The second-order valence-electron chi connectivity index (χ2n) is 5.81. The van der Waals surface area contributed by atoms with Crippen molar-refractivity contribution in [3.8, 4) is 0 Å². The minimum atomic E-state index is -1.19. The first kappa shape index (κ1) is 16.6. The van der Waals surface area contributed by atoms with Crippen molar-refractivity contribution in [3.05, 3.63) is 22.2 Å². The number of carbonyl (C=O) groups is 3. The average molecular weight is 326 g/mol. The van der Waals surface area contributed by atoms with Crippen LogP contribution in [-0.2, 0) is 14.4 Å². The number of carbonyl (C=O) groups excluding carboxylic acids is 2. The van der Waals surface area contributed by atoms with Gasteiger partial charge < -0.3 is 20.4 Å². The van der Waals surface area contributed by atoms with Crippen LogP contribution in [0.15, 0.2) is 22.2 Å². The molecule has 2 aliphatic rings. The normalized spacial score (nSPS) is 24.5. The van der Waals surface area contributed by atoms with E-state index in [1.807, 2.05) is 0 Å². The van der Waals surface area contributed by atoms with E-state index in [0.29, 0.717) is 11.3 Å². The van der Waals surface area contributed by atoms with Crippen LogP contribution in [0.1, 0.15) is 27.2 Å². The molecule has 0 aliphatic carbocycles. The number of rotatable bonds is 5. The first-order chi connectivity index (χ1) is 10.1. The van der Waals surface area contributed by atoms with Gasteiger partial charge in [-0.25, -0.2) is 4.79 Å². The van der Waals surface area contributed by atoms with Crippen molar-refractivity contribution in [1.29, 1.82) is 0 Å². The van der Waals surface area contributed by atoms with Crippen LogP contribution in [0.4, 0.5) is 0 Å². The number of nitrogens with one attached hydrogen (secondary N) is 1. The predicted octanol–water partition coefficient (Wildman–Crippen LogP) is 0.625. The Hall–Kier alpha value is -1.80. The van der Waals surface area contributed by atoms with E-state index in [4.69, 9.17) is 0 Å². The second kappa shape index (κ2) is 5.77. The monoisotopic (exact) mass is 326 g/mol. The van der Waals surface area contributed by atoms with Gasteiger partial charge in [0, 0.05) is 24.4 Å². The first-order valence-corrected chi connectivity index (χ1v) is 7.63. The summed E-state index contributed by atoms with van der Waals surface area (Å²) in [7, 11) is 0. The number of thioether (sulfide) groups is 1. The van der Waals surface area contributed by atoms with Crippen LogP contribution >= 0.6 is 11.8 Å². The van der Waals surface area contributed by atoms with Crippen LogP contribution < -0.4 is 5.32 Å². The quantitative estimate of drug-likeness (QED) is 0.640. The molecule has 0 radical (unpaired) electrons. The van der Waals surface area contributed by atoms with E-state index >= 15 is 0 Å². The van der Waals surface area contributed by atoms with Gasteiger partial charge >= 0.3 is 5.97 Å². The molecule has 2 heterocycles. The van der Waals surface area contributed by atoms with E-state index in [9.17, 15) is 24.6 Å². The van der Waals surface area contributed by atoms with Gasteiger partial charge in [0.05, 0.1) is 17.6 Å². The highest BCUT2D eigenvalue weighted by Gasteiger charge is 2.59. The topological polar surface area (TPSA) is 107 Å². The molecular weight excluding hydrogens is 308 g/mol. The molecule has 1 fully saturated rings. The van der Waals surface area contributed by atoms with E-state index in [-0.39, 0.29) is 23.6 Å². The molecule has 8 heteroatoms. The Morgan fingerprint density at radius 1 is 1.45 bits per heavy atom. The number of fused-ring (bicyclic) bond motifs is 1. The maximum Gasteiger partial charge on any atom is 0.353 e. The third-order valence-electron chi connectivity index (χ3n) is 3.65. The van der Waals surface area contributed by atoms with Crippen LogP contribution in [0.2, 0.25) is 0 Å².